The summed E-state index contributed by atoms with van der Waals surface area (Å²) in [6, 6.07) is 24.3. The van der Waals surface area contributed by atoms with Crippen molar-refractivity contribution >= 4 is 5.91 Å². The second-order valence-corrected chi connectivity index (χ2v) is 8.73. The zero-order valence-corrected chi connectivity index (χ0v) is 18.9. The van der Waals surface area contributed by atoms with Gasteiger partial charge in [0.25, 0.3) is 0 Å². The quantitative estimate of drug-likeness (QED) is 0.562. The lowest BCUT2D eigenvalue weighted by molar-refractivity contribution is -0.137. The molecule has 1 saturated heterocycles. The molecule has 0 bridgehead atoms. The van der Waals surface area contributed by atoms with Gasteiger partial charge in [-0.1, -0.05) is 48.5 Å². The molecule has 0 radical (unpaired) electrons. The van der Waals surface area contributed by atoms with Crippen molar-refractivity contribution in [3.63, 3.8) is 0 Å². The van der Waals surface area contributed by atoms with E-state index in [0.717, 1.165) is 42.9 Å². The second kappa shape index (κ2) is 9.96. The van der Waals surface area contributed by atoms with Crippen molar-refractivity contribution in [3.05, 3.63) is 95.8 Å². The number of rotatable bonds is 7. The van der Waals surface area contributed by atoms with E-state index >= 15 is 0 Å². The number of carbonyl (C=O) groups excluding carboxylic acids is 1. The normalized spacial score (nSPS) is 18.8. The van der Waals surface area contributed by atoms with E-state index < -0.39 is 5.41 Å². The van der Waals surface area contributed by atoms with Crippen molar-refractivity contribution in [2.75, 3.05) is 27.2 Å². The Morgan fingerprint density at radius 2 is 1.81 bits per heavy atom. The van der Waals surface area contributed by atoms with Crippen LogP contribution in [0.25, 0.3) is 0 Å². The van der Waals surface area contributed by atoms with Crippen LogP contribution in [0.1, 0.15) is 29.7 Å². The Bertz CT molecular complexity index is 1020. The van der Waals surface area contributed by atoms with Gasteiger partial charge in [0, 0.05) is 33.4 Å². The Hall–Kier alpha value is -3.18. The maximum atomic E-state index is 13.3. The summed E-state index contributed by atoms with van der Waals surface area (Å²) >= 11 is 0. The maximum Gasteiger partial charge on any atom is 0.235 e. The molecule has 0 spiro atoms. The highest BCUT2D eigenvalue weighted by Crippen LogP contribution is 2.35. The maximum absolute atomic E-state index is 13.3. The summed E-state index contributed by atoms with van der Waals surface area (Å²) in [7, 11) is 3.67. The summed E-state index contributed by atoms with van der Waals surface area (Å²) in [5.74, 6) is 0.990. The highest BCUT2D eigenvalue weighted by atomic mass is 16.5. The minimum atomic E-state index is -0.607. The van der Waals surface area contributed by atoms with Crippen LogP contribution in [0.15, 0.2) is 79.0 Å². The number of nitrogens with zero attached hydrogens (tertiary/aromatic N) is 3. The van der Waals surface area contributed by atoms with Crippen LogP contribution < -0.4 is 4.74 Å². The lowest BCUT2D eigenvalue weighted by atomic mass is 9.75. The van der Waals surface area contributed by atoms with Crippen LogP contribution in [-0.2, 0) is 23.4 Å². The number of piperidine rings is 1. The standard InChI is InChI=1S/C27H31N3O2/c1-29(2)26(31)27(25-14-6-7-16-28-25)15-9-17-30(21-27)19-23-12-8-13-24(18-23)32-20-22-10-4-3-5-11-22/h3-8,10-14,16,18H,9,15,17,19-21H2,1-2H3/t27-/m1/s1. The third kappa shape index (κ3) is 5.00. The van der Waals surface area contributed by atoms with Gasteiger partial charge in [-0.2, -0.15) is 0 Å². The molecule has 1 fully saturated rings. The number of likely N-dealkylation sites (tertiary alicyclic amines) is 1. The Balaban J connectivity index is 1.49. The van der Waals surface area contributed by atoms with Crippen molar-refractivity contribution in [2.24, 2.45) is 0 Å². The van der Waals surface area contributed by atoms with Crippen molar-refractivity contribution in [2.45, 2.75) is 31.4 Å². The van der Waals surface area contributed by atoms with Crippen LogP contribution in [0.5, 0.6) is 5.75 Å². The molecule has 1 aliphatic heterocycles. The number of aromatic nitrogens is 1. The van der Waals surface area contributed by atoms with E-state index in [0.29, 0.717) is 13.2 Å². The number of amides is 1. The van der Waals surface area contributed by atoms with E-state index in [-0.39, 0.29) is 5.91 Å². The van der Waals surface area contributed by atoms with Crippen LogP contribution in [0.2, 0.25) is 0 Å². The van der Waals surface area contributed by atoms with Gasteiger partial charge in [0.2, 0.25) is 5.91 Å². The molecule has 0 aliphatic carbocycles. The number of hydrogen-bond acceptors (Lipinski definition) is 4. The molecule has 2 heterocycles. The fourth-order valence-electron chi connectivity index (χ4n) is 4.58. The zero-order valence-electron chi connectivity index (χ0n) is 18.9. The number of ether oxygens (including phenoxy) is 1. The van der Waals surface area contributed by atoms with Crippen molar-refractivity contribution in [1.82, 2.24) is 14.8 Å². The van der Waals surface area contributed by atoms with Gasteiger partial charge < -0.3 is 9.64 Å². The molecule has 5 heteroatoms. The van der Waals surface area contributed by atoms with Crippen molar-refractivity contribution in [3.8, 4) is 5.75 Å². The summed E-state index contributed by atoms with van der Waals surface area (Å²) in [5, 5.41) is 0. The first-order valence-corrected chi connectivity index (χ1v) is 11.2. The van der Waals surface area contributed by atoms with Gasteiger partial charge in [0.05, 0.1) is 5.69 Å². The molecule has 3 aromatic rings. The minimum Gasteiger partial charge on any atom is -0.489 e. The second-order valence-electron chi connectivity index (χ2n) is 8.73. The van der Waals surface area contributed by atoms with Crippen LogP contribution in [-0.4, -0.2) is 47.9 Å². The Morgan fingerprint density at radius 3 is 2.56 bits per heavy atom. The topological polar surface area (TPSA) is 45.7 Å². The van der Waals surface area contributed by atoms with Gasteiger partial charge in [-0.25, -0.2) is 0 Å². The lowest BCUT2D eigenvalue weighted by Gasteiger charge is -2.42. The molecule has 0 N–H and O–H groups in total. The van der Waals surface area contributed by atoms with Crippen LogP contribution in [0.4, 0.5) is 0 Å². The summed E-state index contributed by atoms with van der Waals surface area (Å²) in [5.41, 5.74) is 2.59. The smallest absolute Gasteiger partial charge is 0.235 e. The molecule has 1 amide bonds. The molecular weight excluding hydrogens is 398 g/mol. The van der Waals surface area contributed by atoms with Gasteiger partial charge >= 0.3 is 0 Å². The van der Waals surface area contributed by atoms with Crippen LogP contribution in [0.3, 0.4) is 0 Å². The van der Waals surface area contributed by atoms with E-state index in [9.17, 15) is 4.79 Å². The highest BCUT2D eigenvalue weighted by Gasteiger charge is 2.45. The van der Waals surface area contributed by atoms with Crippen LogP contribution >= 0.6 is 0 Å². The summed E-state index contributed by atoms with van der Waals surface area (Å²) in [6.07, 6.45) is 3.56. The van der Waals surface area contributed by atoms with Crippen molar-refractivity contribution < 1.29 is 9.53 Å². The zero-order chi connectivity index (χ0) is 22.4. The Labute approximate surface area is 190 Å². The number of likely N-dealkylation sites (N-methyl/N-ethyl adjacent to an activating group) is 1. The third-order valence-corrected chi connectivity index (χ3v) is 6.10. The molecule has 32 heavy (non-hydrogen) atoms. The molecule has 2 aromatic carbocycles. The number of carbonyl (C=O) groups is 1. The van der Waals surface area contributed by atoms with Gasteiger partial charge in [0.1, 0.15) is 17.8 Å². The number of pyridine rings is 1. The average molecular weight is 430 g/mol. The van der Waals surface area contributed by atoms with Crippen molar-refractivity contribution in [1.29, 1.82) is 0 Å². The van der Waals surface area contributed by atoms with E-state index in [2.05, 4.69) is 34.1 Å². The number of benzene rings is 2. The van der Waals surface area contributed by atoms with Gasteiger partial charge in [0.15, 0.2) is 0 Å². The predicted octanol–water partition coefficient (Wildman–Crippen LogP) is 4.28. The SMILES string of the molecule is CN(C)C(=O)[C@]1(c2ccccn2)CCCN(Cc2cccc(OCc3ccccc3)c2)C1. The summed E-state index contributed by atoms with van der Waals surface area (Å²) in [6.45, 7) is 2.95. The van der Waals surface area contributed by atoms with Gasteiger partial charge in [-0.3, -0.25) is 14.7 Å². The van der Waals surface area contributed by atoms with E-state index in [1.54, 1.807) is 11.1 Å². The largest absolute Gasteiger partial charge is 0.489 e. The fourth-order valence-corrected chi connectivity index (χ4v) is 4.58. The fraction of sp³-hybridized carbons (Fsp3) is 0.333. The van der Waals surface area contributed by atoms with E-state index in [4.69, 9.17) is 4.74 Å². The Kier molecular flexibility index (Phi) is 6.86. The molecule has 166 valence electrons. The molecule has 1 aliphatic rings. The van der Waals surface area contributed by atoms with Gasteiger partial charge in [-0.15, -0.1) is 0 Å². The third-order valence-electron chi connectivity index (χ3n) is 6.10. The molecule has 4 rings (SSSR count). The molecule has 0 saturated carbocycles. The average Bonchev–Trinajstić information content (AvgIpc) is 2.84. The summed E-state index contributed by atoms with van der Waals surface area (Å²) in [4.78, 5) is 22.0. The monoisotopic (exact) mass is 429 g/mol. The molecule has 1 aromatic heterocycles. The minimum absolute atomic E-state index is 0.126. The Morgan fingerprint density at radius 1 is 1.03 bits per heavy atom. The van der Waals surface area contributed by atoms with E-state index in [1.165, 1.54) is 5.56 Å². The summed E-state index contributed by atoms with van der Waals surface area (Å²) < 4.78 is 6.01. The predicted molar refractivity (Wildman–Crippen MR) is 126 cm³/mol. The highest BCUT2D eigenvalue weighted by molar-refractivity contribution is 5.88. The molecule has 1 atom stereocenters. The first-order chi connectivity index (χ1) is 15.6. The first kappa shape index (κ1) is 22.0. The molecular formula is C27H31N3O2. The molecule has 0 unspecified atom stereocenters. The lowest BCUT2D eigenvalue weighted by Crippen LogP contribution is -2.54. The first-order valence-electron chi connectivity index (χ1n) is 11.2. The number of hydrogen-bond donors (Lipinski definition) is 0. The molecule has 5 nitrogen and oxygen atoms in total. The van der Waals surface area contributed by atoms with E-state index in [1.807, 2.05) is 62.6 Å². The van der Waals surface area contributed by atoms with Crippen LogP contribution in [0, 0.1) is 0 Å². The van der Waals surface area contributed by atoms with Gasteiger partial charge in [-0.05, 0) is 54.8 Å².